The first-order valence-corrected chi connectivity index (χ1v) is 13.4. The van der Waals surface area contributed by atoms with Gasteiger partial charge in [-0.25, -0.2) is 0 Å². The monoisotopic (exact) mass is 459 g/mol. The summed E-state index contributed by atoms with van der Waals surface area (Å²) in [5, 5.41) is 1.48. The van der Waals surface area contributed by atoms with E-state index in [2.05, 4.69) is 52.0 Å². The van der Waals surface area contributed by atoms with Gasteiger partial charge < -0.3 is 4.74 Å². The molecule has 0 heterocycles. The summed E-state index contributed by atoms with van der Waals surface area (Å²) in [5.41, 5.74) is 1.67. The quantitative estimate of drug-likeness (QED) is 0.284. The van der Waals surface area contributed by atoms with Gasteiger partial charge in [-0.15, -0.1) is 0 Å². The van der Waals surface area contributed by atoms with Crippen molar-refractivity contribution in [1.82, 2.24) is 0 Å². The molecule has 0 amide bonds. The van der Waals surface area contributed by atoms with E-state index in [-0.39, 0.29) is 0 Å². The van der Waals surface area contributed by atoms with Crippen LogP contribution in [0.5, 0.6) is 5.75 Å². The summed E-state index contributed by atoms with van der Waals surface area (Å²) in [5.74, 6) is 1.10. The number of benzene rings is 1. The fraction of sp³-hybridized carbons (Fsp3) is 0.650. The van der Waals surface area contributed by atoms with Crippen LogP contribution in [-0.2, 0) is 18.2 Å². The molecule has 1 aromatic rings. The fourth-order valence-electron chi connectivity index (χ4n) is 4.75. The molecule has 1 nitrogen and oxygen atoms in total. The molecule has 2 aliphatic carbocycles. The van der Waals surface area contributed by atoms with Gasteiger partial charge in [-0.1, -0.05) is 32.2 Å². The Hall–Kier alpha value is 0.402. The third-order valence-corrected chi connectivity index (χ3v) is 10.9. The van der Waals surface area contributed by atoms with Gasteiger partial charge in [-0.05, 0) is 63.5 Å². The van der Waals surface area contributed by atoms with Gasteiger partial charge >= 0.3 is 27.7 Å². The van der Waals surface area contributed by atoms with Crippen LogP contribution in [0.15, 0.2) is 24.3 Å². The molecule has 24 heavy (non-hydrogen) atoms. The zero-order valence-electron chi connectivity index (χ0n) is 14.8. The van der Waals surface area contributed by atoms with Crippen LogP contribution in [-0.4, -0.2) is 18.4 Å². The van der Waals surface area contributed by atoms with Crippen LogP contribution >= 0.6 is 16.8 Å². The van der Waals surface area contributed by atoms with Gasteiger partial charge in [0.2, 0.25) is 0 Å². The Bertz CT molecular complexity index is 466. The van der Waals surface area contributed by atoms with Crippen molar-refractivity contribution in [1.29, 1.82) is 0 Å². The fourth-order valence-corrected chi connectivity index (χ4v) is 9.64. The van der Waals surface area contributed by atoms with Crippen molar-refractivity contribution in [2.24, 2.45) is 0 Å². The molecule has 0 aliphatic heterocycles. The number of halogens is 1. The molecule has 0 radical (unpaired) electrons. The van der Waals surface area contributed by atoms with Crippen molar-refractivity contribution in [2.75, 3.05) is 7.11 Å². The first-order chi connectivity index (χ1) is 11.8. The molecule has 138 valence electrons. The van der Waals surface area contributed by atoms with Crippen LogP contribution in [0.4, 0.5) is 0 Å². The summed E-state index contributed by atoms with van der Waals surface area (Å²) < 4.78 is 5.76. The zero-order valence-corrected chi connectivity index (χ0v) is 18.0. The molecule has 0 spiro atoms. The molecule has 2 fully saturated rings. The molecule has 0 N–H and O–H groups in total. The summed E-state index contributed by atoms with van der Waals surface area (Å²) >= 11 is 2.22. The van der Waals surface area contributed by atoms with Crippen molar-refractivity contribution in [3.8, 4) is 5.75 Å². The van der Waals surface area contributed by atoms with Gasteiger partial charge in [-0.2, -0.15) is 6.66 Å². The van der Waals surface area contributed by atoms with E-state index in [9.17, 15) is 0 Å². The number of ether oxygens (including phenoxy) is 1. The molecule has 4 heteroatoms. The molecule has 2 saturated carbocycles. The third-order valence-electron chi connectivity index (χ3n) is 5.99. The van der Waals surface area contributed by atoms with Crippen molar-refractivity contribution < 1.29 is 22.9 Å². The van der Waals surface area contributed by atoms with Gasteiger partial charge in [0.05, 0.1) is 7.11 Å². The third kappa shape index (κ3) is 4.57. The maximum absolute atomic E-state index is 5.76. The molecule has 3 rings (SSSR count). The average molecular weight is 460 g/mol. The van der Waals surface area contributed by atoms with Crippen LogP contribution in [0, 0.1) is 6.66 Å². The minimum absolute atomic E-state index is 0.834. The Labute approximate surface area is 164 Å². The van der Waals surface area contributed by atoms with Crippen LogP contribution in [0.2, 0.25) is 0 Å². The summed E-state index contributed by atoms with van der Waals surface area (Å²) in [6.45, 7) is 5.03. The number of methoxy groups -OCH3 is 1. The van der Waals surface area contributed by atoms with E-state index in [1.165, 1.54) is 69.5 Å². The molecular formula is C20H31ClOPPd+. The van der Waals surface area contributed by atoms with Crippen molar-refractivity contribution >= 4 is 22.1 Å². The standard InChI is InChI=1S/C20H31OP.ClH.Pd/c1-21-19-15-9-10-16-20(19)22(2,17-11-5-3-6-12-17)18-13-7-4-8-14-18;;/h9-10,15-18H,2-8,11-14H2,1H3;1H;/q;;+2/p-1. The van der Waals surface area contributed by atoms with Crippen LogP contribution in [0.3, 0.4) is 0 Å². The van der Waals surface area contributed by atoms with Crippen LogP contribution in [0.25, 0.3) is 0 Å². The molecule has 0 unspecified atom stereocenters. The molecule has 0 saturated heterocycles. The Balaban J connectivity index is 0.00000100. The van der Waals surface area contributed by atoms with Gasteiger partial charge in [-0.3, -0.25) is 0 Å². The topological polar surface area (TPSA) is 9.23 Å². The second-order valence-electron chi connectivity index (χ2n) is 7.19. The Morgan fingerprint density at radius 2 is 1.38 bits per heavy atom. The summed E-state index contributed by atoms with van der Waals surface area (Å²) in [7, 11) is 4.91. The summed E-state index contributed by atoms with van der Waals surface area (Å²) in [6, 6.07) is 8.79. The van der Waals surface area contributed by atoms with Crippen molar-refractivity contribution in [3.63, 3.8) is 0 Å². The van der Waals surface area contributed by atoms with Crippen LogP contribution < -0.4 is 10.0 Å². The molecule has 0 bridgehead atoms. The van der Waals surface area contributed by atoms with Crippen molar-refractivity contribution in [3.05, 3.63) is 30.9 Å². The van der Waals surface area contributed by atoms with Gasteiger partial charge in [0, 0.05) is 11.3 Å². The van der Waals surface area contributed by atoms with E-state index in [4.69, 9.17) is 11.4 Å². The Morgan fingerprint density at radius 1 is 0.917 bits per heavy atom. The first-order valence-electron chi connectivity index (χ1n) is 9.25. The van der Waals surface area contributed by atoms with E-state index >= 15 is 0 Å². The van der Waals surface area contributed by atoms with E-state index in [1.807, 2.05) is 7.11 Å². The molecule has 1 aromatic carbocycles. The Kier molecular flexibility index (Phi) is 9.08. The van der Waals surface area contributed by atoms with Gasteiger partial charge in [0.15, 0.2) is 5.75 Å². The average Bonchev–Trinajstić information content (AvgIpc) is 2.70. The molecule has 0 atom stereocenters. The predicted molar refractivity (Wildman–Crippen MR) is 105 cm³/mol. The predicted octanol–water partition coefficient (Wildman–Crippen LogP) is 6.48. The second-order valence-corrected chi connectivity index (χ2v) is 11.0. The Morgan fingerprint density at radius 3 is 1.83 bits per heavy atom. The van der Waals surface area contributed by atoms with E-state index in [1.54, 1.807) is 0 Å². The number of rotatable bonds is 4. The van der Waals surface area contributed by atoms with Crippen LogP contribution in [0.1, 0.15) is 64.2 Å². The summed E-state index contributed by atoms with van der Waals surface area (Å²) in [4.78, 5) is 0. The normalized spacial score (nSPS) is 20.2. The van der Waals surface area contributed by atoms with Crippen molar-refractivity contribution in [2.45, 2.75) is 75.5 Å². The van der Waals surface area contributed by atoms with E-state index in [0.29, 0.717) is 0 Å². The molecular weight excluding hydrogens is 429 g/mol. The van der Waals surface area contributed by atoms with Gasteiger partial charge in [0.1, 0.15) is 5.30 Å². The zero-order chi connectivity index (χ0) is 17.4. The molecule has 2 aliphatic rings. The molecule has 0 aromatic heterocycles. The number of hydrogen-bond acceptors (Lipinski definition) is 1. The summed E-state index contributed by atoms with van der Waals surface area (Å²) in [6.07, 6.45) is 14.1. The van der Waals surface area contributed by atoms with Gasteiger partial charge in [0.25, 0.3) is 0 Å². The number of para-hydroxylation sites is 1. The van der Waals surface area contributed by atoms with E-state index in [0.717, 1.165) is 17.1 Å². The maximum atomic E-state index is 5.76. The second kappa shape index (κ2) is 10.5. The first kappa shape index (κ1) is 20.7. The minimum atomic E-state index is -1.40. The SMILES string of the molecule is [CH2-][P+](c1ccccc1OC)(C1CCCCC1)C1CCCCC1.[Cl][Pd+]. The number of hydrogen-bond donors (Lipinski definition) is 0. The van der Waals surface area contributed by atoms with E-state index < -0.39 is 7.26 Å².